The van der Waals surface area contributed by atoms with Gasteiger partial charge in [-0.05, 0) is 48.1 Å². The van der Waals surface area contributed by atoms with E-state index in [0.717, 1.165) is 46.3 Å². The Morgan fingerprint density at radius 2 is 2.00 bits per heavy atom. The van der Waals surface area contributed by atoms with Crippen LogP contribution in [-0.4, -0.2) is 24.0 Å². The standard InChI is InChI=1S/C26H24ClN3O2S/c27-19-10-11-22-21(14-19)23(17-6-2-1-3-7-17)24(26(32)29-22)30-12-4-8-18(16-30)25(31)28-15-20-9-5-13-33-20/h1-3,5-7,9-11,13-14,18H,4,8,12,15-16H2,(H,28,31)(H,29,32)/t18-/m1/s1. The smallest absolute Gasteiger partial charge is 0.272 e. The minimum atomic E-state index is -0.170. The molecule has 0 unspecified atom stereocenters. The minimum absolute atomic E-state index is 0.0367. The van der Waals surface area contributed by atoms with E-state index < -0.39 is 0 Å². The van der Waals surface area contributed by atoms with Gasteiger partial charge in [-0.3, -0.25) is 9.59 Å². The second-order valence-corrected chi connectivity index (χ2v) is 9.78. The zero-order valence-corrected chi connectivity index (χ0v) is 19.6. The van der Waals surface area contributed by atoms with Crippen LogP contribution in [0.5, 0.6) is 0 Å². The van der Waals surface area contributed by atoms with E-state index in [1.165, 1.54) is 0 Å². The van der Waals surface area contributed by atoms with Crippen molar-refractivity contribution in [1.82, 2.24) is 10.3 Å². The molecular formula is C26H24ClN3O2S. The molecule has 0 saturated carbocycles. The fourth-order valence-corrected chi connectivity index (χ4v) is 5.40. The van der Waals surface area contributed by atoms with Gasteiger partial charge in [0.15, 0.2) is 0 Å². The SMILES string of the molecule is O=C(NCc1cccs1)[C@@H]1CCCN(c2c(-c3ccccc3)c3cc(Cl)ccc3[nH]c2=O)C1. The lowest BCUT2D eigenvalue weighted by atomic mass is 9.94. The largest absolute Gasteiger partial charge is 0.366 e. The highest BCUT2D eigenvalue weighted by Gasteiger charge is 2.29. The molecule has 4 aromatic rings. The second-order valence-electron chi connectivity index (χ2n) is 8.32. The summed E-state index contributed by atoms with van der Waals surface area (Å²) in [5.41, 5.74) is 3.01. The first kappa shape index (κ1) is 21.7. The number of pyridine rings is 1. The Morgan fingerprint density at radius 1 is 1.15 bits per heavy atom. The molecule has 1 fully saturated rings. The van der Waals surface area contributed by atoms with Crippen molar-refractivity contribution in [3.63, 3.8) is 0 Å². The topological polar surface area (TPSA) is 65.2 Å². The molecule has 7 heteroatoms. The monoisotopic (exact) mass is 477 g/mol. The lowest BCUT2D eigenvalue weighted by molar-refractivity contribution is -0.125. The maximum absolute atomic E-state index is 13.3. The highest BCUT2D eigenvalue weighted by molar-refractivity contribution is 7.09. The maximum atomic E-state index is 13.3. The van der Waals surface area contributed by atoms with Gasteiger partial charge in [-0.2, -0.15) is 0 Å². The Morgan fingerprint density at radius 3 is 2.79 bits per heavy atom. The molecule has 1 saturated heterocycles. The van der Waals surface area contributed by atoms with Gasteiger partial charge in [0.25, 0.3) is 5.56 Å². The summed E-state index contributed by atoms with van der Waals surface area (Å²) in [5, 5.41) is 6.58. The zero-order valence-electron chi connectivity index (χ0n) is 18.0. The van der Waals surface area contributed by atoms with Gasteiger partial charge in [0, 0.05) is 39.5 Å². The van der Waals surface area contributed by atoms with Gasteiger partial charge in [-0.1, -0.05) is 48.0 Å². The third-order valence-electron chi connectivity index (χ3n) is 6.14. The highest BCUT2D eigenvalue weighted by Crippen LogP contribution is 2.37. The van der Waals surface area contributed by atoms with Crippen LogP contribution in [0.2, 0.25) is 5.02 Å². The average molecular weight is 478 g/mol. The lowest BCUT2D eigenvalue weighted by Gasteiger charge is -2.34. The number of carbonyl (C=O) groups is 1. The third-order valence-corrected chi connectivity index (χ3v) is 7.25. The number of amides is 1. The third kappa shape index (κ3) is 4.54. The maximum Gasteiger partial charge on any atom is 0.272 e. The second kappa shape index (κ2) is 9.41. The number of thiophene rings is 1. The van der Waals surface area contributed by atoms with Gasteiger partial charge in [-0.15, -0.1) is 11.3 Å². The summed E-state index contributed by atoms with van der Waals surface area (Å²) in [7, 11) is 0. The molecule has 168 valence electrons. The van der Waals surface area contributed by atoms with Crippen molar-refractivity contribution in [2.24, 2.45) is 5.92 Å². The highest BCUT2D eigenvalue weighted by atomic mass is 35.5. The number of hydrogen-bond acceptors (Lipinski definition) is 4. The van der Waals surface area contributed by atoms with E-state index >= 15 is 0 Å². The summed E-state index contributed by atoms with van der Waals surface area (Å²) in [5.74, 6) is -0.133. The van der Waals surface area contributed by atoms with Crippen LogP contribution in [0.25, 0.3) is 22.0 Å². The molecular weight excluding hydrogens is 454 g/mol. The van der Waals surface area contributed by atoms with E-state index in [4.69, 9.17) is 11.6 Å². The van der Waals surface area contributed by atoms with Gasteiger partial charge < -0.3 is 15.2 Å². The molecule has 0 spiro atoms. The number of aromatic amines is 1. The number of H-pyrrole nitrogens is 1. The van der Waals surface area contributed by atoms with E-state index in [2.05, 4.69) is 15.2 Å². The van der Waals surface area contributed by atoms with Crippen LogP contribution in [0.15, 0.2) is 70.8 Å². The van der Waals surface area contributed by atoms with E-state index in [1.54, 1.807) is 17.4 Å². The predicted octanol–water partition coefficient (Wildman–Crippen LogP) is 5.44. The van der Waals surface area contributed by atoms with Gasteiger partial charge in [-0.25, -0.2) is 0 Å². The molecule has 0 aliphatic carbocycles. The summed E-state index contributed by atoms with van der Waals surface area (Å²) < 4.78 is 0. The van der Waals surface area contributed by atoms with Crippen molar-refractivity contribution in [3.05, 3.63) is 86.3 Å². The molecule has 1 amide bonds. The molecule has 33 heavy (non-hydrogen) atoms. The van der Waals surface area contributed by atoms with E-state index in [9.17, 15) is 9.59 Å². The molecule has 1 atom stereocenters. The summed E-state index contributed by atoms with van der Waals surface area (Å²) in [6.45, 7) is 1.77. The number of rotatable bonds is 5. The van der Waals surface area contributed by atoms with Crippen molar-refractivity contribution in [1.29, 1.82) is 0 Å². The lowest BCUT2D eigenvalue weighted by Crippen LogP contribution is -2.44. The number of hydrogen-bond donors (Lipinski definition) is 2. The molecule has 2 aromatic carbocycles. The molecule has 2 N–H and O–H groups in total. The van der Waals surface area contributed by atoms with E-state index in [0.29, 0.717) is 23.8 Å². The van der Waals surface area contributed by atoms with Crippen molar-refractivity contribution in [2.45, 2.75) is 19.4 Å². The number of halogens is 1. The first-order chi connectivity index (χ1) is 16.1. The van der Waals surface area contributed by atoms with Gasteiger partial charge in [0.05, 0.1) is 12.5 Å². The van der Waals surface area contributed by atoms with Gasteiger partial charge in [0.2, 0.25) is 5.91 Å². The Bertz CT molecular complexity index is 1340. The summed E-state index contributed by atoms with van der Waals surface area (Å²) in [6.07, 6.45) is 1.66. The van der Waals surface area contributed by atoms with Gasteiger partial charge >= 0.3 is 0 Å². The van der Waals surface area contributed by atoms with E-state index in [1.807, 2.05) is 60.0 Å². The Kier molecular flexibility index (Phi) is 6.20. The first-order valence-corrected chi connectivity index (χ1v) is 12.3. The van der Waals surface area contributed by atoms with Crippen molar-refractivity contribution >= 4 is 45.4 Å². The van der Waals surface area contributed by atoms with Crippen LogP contribution in [-0.2, 0) is 11.3 Å². The molecule has 0 radical (unpaired) electrons. The van der Waals surface area contributed by atoms with E-state index in [-0.39, 0.29) is 17.4 Å². The molecule has 1 aliphatic heterocycles. The summed E-state index contributed by atoms with van der Waals surface area (Å²) >= 11 is 7.97. The minimum Gasteiger partial charge on any atom is -0.366 e. The van der Waals surface area contributed by atoms with Gasteiger partial charge in [0.1, 0.15) is 5.69 Å². The Hall–Kier alpha value is -3.09. The van der Waals surface area contributed by atoms with Crippen LogP contribution in [0.1, 0.15) is 17.7 Å². The molecule has 5 nitrogen and oxygen atoms in total. The number of piperidine rings is 1. The summed E-state index contributed by atoms with van der Waals surface area (Å²) in [4.78, 5) is 32.5. The number of nitrogens with zero attached hydrogens (tertiary/aromatic N) is 1. The van der Waals surface area contributed by atoms with Crippen LogP contribution in [0.4, 0.5) is 5.69 Å². The molecule has 3 heterocycles. The summed E-state index contributed by atoms with van der Waals surface area (Å²) in [6, 6.07) is 19.4. The van der Waals surface area contributed by atoms with Crippen molar-refractivity contribution < 1.29 is 4.79 Å². The molecule has 2 aromatic heterocycles. The predicted molar refractivity (Wildman–Crippen MR) is 136 cm³/mol. The number of benzene rings is 2. The molecule has 5 rings (SSSR count). The normalized spacial score (nSPS) is 16.2. The van der Waals surface area contributed by atoms with Crippen molar-refractivity contribution in [2.75, 3.05) is 18.0 Å². The molecule has 1 aliphatic rings. The quantitative estimate of drug-likeness (QED) is 0.402. The first-order valence-electron chi connectivity index (χ1n) is 11.1. The zero-order chi connectivity index (χ0) is 22.8. The molecule has 0 bridgehead atoms. The Labute approximate surface area is 201 Å². The number of nitrogens with one attached hydrogen (secondary N) is 2. The van der Waals surface area contributed by atoms with Crippen LogP contribution >= 0.6 is 22.9 Å². The van der Waals surface area contributed by atoms with Crippen molar-refractivity contribution in [3.8, 4) is 11.1 Å². The average Bonchev–Trinajstić information content (AvgIpc) is 3.36. The number of anilines is 1. The van der Waals surface area contributed by atoms with Crippen LogP contribution < -0.4 is 15.8 Å². The van der Waals surface area contributed by atoms with Crippen LogP contribution in [0.3, 0.4) is 0 Å². The number of aromatic nitrogens is 1. The fourth-order valence-electron chi connectivity index (χ4n) is 4.58. The Balaban J connectivity index is 1.51. The van der Waals surface area contributed by atoms with Crippen LogP contribution in [0, 0.1) is 5.92 Å². The number of carbonyl (C=O) groups excluding carboxylic acids is 1. The fraction of sp³-hybridized carbons (Fsp3) is 0.231. The number of fused-ring (bicyclic) bond motifs is 1.